The van der Waals surface area contributed by atoms with Crippen LogP contribution in [0.4, 0.5) is 9.18 Å². The molecule has 2 aliphatic rings. The number of tetrazole rings is 1. The van der Waals surface area contributed by atoms with E-state index in [0.29, 0.717) is 18.7 Å². The molecular formula is C15H17FN6O2. The Kier molecular flexibility index (Phi) is 3.45. The van der Waals surface area contributed by atoms with Gasteiger partial charge in [-0.25, -0.2) is 9.18 Å². The summed E-state index contributed by atoms with van der Waals surface area (Å²) in [5.41, 5.74) is 0.622. The van der Waals surface area contributed by atoms with E-state index in [9.17, 15) is 9.18 Å². The van der Waals surface area contributed by atoms with Gasteiger partial charge in [0.15, 0.2) is 0 Å². The van der Waals surface area contributed by atoms with E-state index in [1.54, 1.807) is 6.07 Å². The average molecular weight is 332 g/mol. The Morgan fingerprint density at radius 2 is 2.38 bits per heavy atom. The molecule has 2 aliphatic heterocycles. The lowest BCUT2D eigenvalue weighted by molar-refractivity contribution is 0.0464. The van der Waals surface area contributed by atoms with Crippen LogP contribution in [0.2, 0.25) is 0 Å². The number of hydrogen-bond acceptors (Lipinski definition) is 6. The third kappa shape index (κ3) is 2.41. The Morgan fingerprint density at radius 3 is 3.08 bits per heavy atom. The molecule has 2 unspecified atom stereocenters. The van der Waals surface area contributed by atoms with Crippen molar-refractivity contribution in [2.45, 2.75) is 31.5 Å². The Morgan fingerprint density at radius 1 is 1.50 bits per heavy atom. The van der Waals surface area contributed by atoms with Gasteiger partial charge in [-0.1, -0.05) is 12.1 Å². The van der Waals surface area contributed by atoms with Crippen LogP contribution in [0.15, 0.2) is 18.2 Å². The number of carbonyl (C=O) groups is 1. The van der Waals surface area contributed by atoms with Crippen molar-refractivity contribution in [1.29, 1.82) is 0 Å². The third-order valence-corrected chi connectivity index (χ3v) is 4.82. The van der Waals surface area contributed by atoms with E-state index in [-0.39, 0.29) is 23.8 Å². The lowest BCUT2D eigenvalue weighted by Gasteiger charge is -2.26. The summed E-state index contributed by atoms with van der Waals surface area (Å²) in [7, 11) is 0. The minimum Gasteiger partial charge on any atom is -0.439 e. The van der Waals surface area contributed by atoms with Gasteiger partial charge in [0.2, 0.25) is 5.82 Å². The van der Waals surface area contributed by atoms with Crippen LogP contribution < -0.4 is 5.32 Å². The number of aromatic amines is 1. The summed E-state index contributed by atoms with van der Waals surface area (Å²) in [6.45, 7) is 3.84. The maximum absolute atomic E-state index is 14.3. The predicted octanol–water partition coefficient (Wildman–Crippen LogP) is 1.08. The molecular weight excluding hydrogens is 315 g/mol. The lowest BCUT2D eigenvalue weighted by Crippen LogP contribution is -2.43. The first-order chi connectivity index (χ1) is 11.6. The molecule has 126 valence electrons. The predicted molar refractivity (Wildman–Crippen MR) is 81.3 cm³/mol. The fourth-order valence-corrected chi connectivity index (χ4v) is 3.53. The number of rotatable bonds is 3. The zero-order valence-electron chi connectivity index (χ0n) is 13.1. The van der Waals surface area contributed by atoms with Gasteiger partial charge in [-0.3, -0.25) is 4.90 Å². The molecule has 1 aromatic heterocycles. The molecule has 0 aliphatic carbocycles. The van der Waals surface area contributed by atoms with Crippen molar-refractivity contribution in [2.24, 2.45) is 0 Å². The van der Waals surface area contributed by atoms with E-state index in [1.807, 2.05) is 13.0 Å². The maximum Gasteiger partial charge on any atom is 0.408 e. The Bertz CT molecular complexity index is 767. The molecule has 3 heterocycles. The fourth-order valence-electron chi connectivity index (χ4n) is 3.53. The number of aromatic nitrogens is 4. The normalized spacial score (nSPS) is 26.8. The largest absolute Gasteiger partial charge is 0.439 e. The molecule has 8 nitrogen and oxygen atoms in total. The van der Waals surface area contributed by atoms with Gasteiger partial charge in [-0.05, 0) is 23.8 Å². The Hall–Kier alpha value is -2.55. The number of amides is 1. The molecule has 2 atom stereocenters. The molecule has 0 bridgehead atoms. The summed E-state index contributed by atoms with van der Waals surface area (Å²) in [6, 6.07) is 4.85. The quantitative estimate of drug-likeness (QED) is 0.873. The topological polar surface area (TPSA) is 96.0 Å². The van der Waals surface area contributed by atoms with E-state index < -0.39 is 5.60 Å². The first kappa shape index (κ1) is 15.0. The number of benzene rings is 1. The standard InChI is InChI=1S/C15H17FN6O2/c1-9-15(24-14(23)17-9)5-6-22(8-15)7-10-3-2-4-11(16)12(10)13-18-20-21-19-13/h2-4,9H,5-8H2,1H3,(H,17,23)(H,18,19,20,21). The second-order valence-corrected chi connectivity index (χ2v) is 6.29. The molecule has 9 heteroatoms. The summed E-state index contributed by atoms with van der Waals surface area (Å²) in [4.78, 5) is 13.7. The van der Waals surface area contributed by atoms with Gasteiger partial charge in [0.25, 0.3) is 0 Å². The van der Waals surface area contributed by atoms with Crippen molar-refractivity contribution in [3.63, 3.8) is 0 Å². The van der Waals surface area contributed by atoms with Crippen LogP contribution in [0.1, 0.15) is 18.9 Å². The molecule has 2 saturated heterocycles. The number of alkyl carbamates (subject to hydrolysis) is 1. The number of likely N-dealkylation sites (tertiary alicyclic amines) is 1. The number of nitrogens with zero attached hydrogens (tertiary/aromatic N) is 4. The fraction of sp³-hybridized carbons (Fsp3) is 0.467. The van der Waals surface area contributed by atoms with Crippen LogP contribution in [0.5, 0.6) is 0 Å². The van der Waals surface area contributed by atoms with Crippen molar-refractivity contribution in [3.05, 3.63) is 29.6 Å². The van der Waals surface area contributed by atoms with Gasteiger partial charge >= 0.3 is 6.09 Å². The van der Waals surface area contributed by atoms with Crippen LogP contribution >= 0.6 is 0 Å². The SMILES string of the molecule is CC1NC(=O)OC12CCN(Cc1cccc(F)c1-c1nn[nH]n1)C2. The summed E-state index contributed by atoms with van der Waals surface area (Å²) in [5, 5.41) is 16.4. The first-order valence-corrected chi connectivity index (χ1v) is 7.80. The van der Waals surface area contributed by atoms with Crippen molar-refractivity contribution < 1.29 is 13.9 Å². The lowest BCUT2D eigenvalue weighted by atomic mass is 9.95. The van der Waals surface area contributed by atoms with E-state index in [2.05, 4.69) is 30.8 Å². The number of nitrogens with one attached hydrogen (secondary N) is 2. The van der Waals surface area contributed by atoms with Crippen LogP contribution in [0.3, 0.4) is 0 Å². The van der Waals surface area contributed by atoms with Gasteiger partial charge in [-0.15, -0.1) is 10.2 Å². The second kappa shape index (κ2) is 5.52. The molecule has 4 rings (SSSR count). The van der Waals surface area contributed by atoms with Crippen LogP contribution in [0, 0.1) is 5.82 Å². The highest BCUT2D eigenvalue weighted by Crippen LogP contribution is 2.34. The monoisotopic (exact) mass is 332 g/mol. The van der Waals surface area contributed by atoms with Crippen molar-refractivity contribution in [1.82, 2.24) is 30.8 Å². The highest BCUT2D eigenvalue weighted by Gasteiger charge is 2.51. The van der Waals surface area contributed by atoms with Gasteiger partial charge < -0.3 is 10.1 Å². The second-order valence-electron chi connectivity index (χ2n) is 6.29. The Labute approximate surface area is 137 Å². The van der Waals surface area contributed by atoms with Crippen LogP contribution in [-0.2, 0) is 11.3 Å². The van der Waals surface area contributed by atoms with Crippen LogP contribution in [-0.4, -0.2) is 56.3 Å². The zero-order chi connectivity index (χ0) is 16.7. The smallest absolute Gasteiger partial charge is 0.408 e. The number of carbonyl (C=O) groups excluding carboxylic acids is 1. The van der Waals surface area contributed by atoms with Crippen molar-refractivity contribution in [2.75, 3.05) is 13.1 Å². The number of hydrogen-bond donors (Lipinski definition) is 2. The minimum absolute atomic E-state index is 0.0424. The Balaban J connectivity index is 1.57. The molecule has 24 heavy (non-hydrogen) atoms. The molecule has 0 saturated carbocycles. The van der Waals surface area contributed by atoms with Crippen molar-refractivity contribution in [3.8, 4) is 11.4 Å². The van der Waals surface area contributed by atoms with Gasteiger partial charge in [0.05, 0.1) is 11.6 Å². The number of H-pyrrole nitrogens is 1. The van der Waals surface area contributed by atoms with Gasteiger partial charge in [-0.2, -0.15) is 5.21 Å². The average Bonchev–Trinajstić information content (AvgIpc) is 3.23. The summed E-state index contributed by atoms with van der Waals surface area (Å²) in [6.07, 6.45) is 0.377. The summed E-state index contributed by atoms with van der Waals surface area (Å²) in [5.74, 6) is -0.149. The number of ether oxygens (including phenoxy) is 1. The molecule has 2 N–H and O–H groups in total. The minimum atomic E-state index is -0.503. The van der Waals surface area contributed by atoms with E-state index >= 15 is 0 Å². The highest BCUT2D eigenvalue weighted by atomic mass is 19.1. The van der Waals surface area contributed by atoms with Crippen molar-refractivity contribution >= 4 is 6.09 Å². The highest BCUT2D eigenvalue weighted by molar-refractivity contribution is 5.71. The van der Waals surface area contributed by atoms with Gasteiger partial charge in [0.1, 0.15) is 11.4 Å². The molecule has 1 spiro atoms. The molecule has 1 aromatic carbocycles. The first-order valence-electron chi connectivity index (χ1n) is 7.80. The molecule has 1 amide bonds. The number of halogens is 1. The molecule has 2 aromatic rings. The van der Waals surface area contributed by atoms with E-state index in [1.165, 1.54) is 6.07 Å². The van der Waals surface area contributed by atoms with E-state index in [4.69, 9.17) is 4.74 Å². The maximum atomic E-state index is 14.3. The molecule has 0 radical (unpaired) electrons. The summed E-state index contributed by atoms with van der Waals surface area (Å²) < 4.78 is 19.8. The third-order valence-electron chi connectivity index (χ3n) is 4.82. The van der Waals surface area contributed by atoms with Gasteiger partial charge in [0, 0.05) is 26.1 Å². The molecule has 2 fully saturated rings. The van der Waals surface area contributed by atoms with E-state index in [0.717, 1.165) is 18.5 Å². The summed E-state index contributed by atoms with van der Waals surface area (Å²) >= 11 is 0. The van der Waals surface area contributed by atoms with Crippen LogP contribution in [0.25, 0.3) is 11.4 Å². The zero-order valence-corrected chi connectivity index (χ0v) is 13.1.